The number of aliphatic hydroxyl groups is 1. The molecule has 0 bridgehead atoms. The molecule has 0 atom stereocenters. The number of hydrogen-bond donors (Lipinski definition) is 1. The second-order valence-electron chi connectivity index (χ2n) is 5.39. The molecule has 1 N–H and O–H groups in total. The topological polar surface area (TPSA) is 39.6 Å². The number of nitrogens with zero attached hydrogens (tertiary/aromatic N) is 3. The Hall–Kier alpha value is -0.650. The second-order valence-corrected chi connectivity index (χ2v) is 6.23. The van der Waals surface area contributed by atoms with Crippen LogP contribution in [0.15, 0.2) is 5.38 Å². The van der Waals surface area contributed by atoms with Gasteiger partial charge in [0.05, 0.1) is 12.3 Å². The lowest BCUT2D eigenvalue weighted by molar-refractivity contribution is 0.182. The van der Waals surface area contributed by atoms with Gasteiger partial charge >= 0.3 is 0 Å². The summed E-state index contributed by atoms with van der Waals surface area (Å²) in [4.78, 5) is 9.39. The molecule has 2 saturated carbocycles. The lowest BCUT2D eigenvalue weighted by Gasteiger charge is -2.19. The van der Waals surface area contributed by atoms with Crippen molar-refractivity contribution in [1.82, 2.24) is 9.88 Å². The molecule has 0 amide bonds. The van der Waals surface area contributed by atoms with Gasteiger partial charge in [-0.3, -0.25) is 4.90 Å². The van der Waals surface area contributed by atoms with Crippen molar-refractivity contribution in [1.29, 1.82) is 0 Å². The van der Waals surface area contributed by atoms with Gasteiger partial charge in [0.15, 0.2) is 5.13 Å². The summed E-state index contributed by atoms with van der Waals surface area (Å²) in [5, 5.41) is 12.4. The summed E-state index contributed by atoms with van der Waals surface area (Å²) in [7, 11) is 2.15. The van der Waals surface area contributed by atoms with Crippen LogP contribution < -0.4 is 4.90 Å². The first-order valence-electron chi connectivity index (χ1n) is 6.80. The minimum Gasteiger partial charge on any atom is -0.395 e. The van der Waals surface area contributed by atoms with Crippen molar-refractivity contribution in [3.05, 3.63) is 11.1 Å². The summed E-state index contributed by atoms with van der Waals surface area (Å²) in [6.07, 6.45) is 5.17. The maximum atomic E-state index is 9.10. The number of rotatable bonds is 7. The molecule has 0 spiro atoms. The van der Waals surface area contributed by atoms with Crippen LogP contribution in [-0.2, 0) is 6.54 Å². The first-order chi connectivity index (χ1) is 8.78. The van der Waals surface area contributed by atoms with Gasteiger partial charge in [-0.2, -0.15) is 0 Å². The summed E-state index contributed by atoms with van der Waals surface area (Å²) in [6.45, 7) is 1.91. The molecule has 100 valence electrons. The fraction of sp³-hybridized carbons (Fsp3) is 0.769. The highest BCUT2D eigenvalue weighted by atomic mass is 32.1. The first-order valence-corrected chi connectivity index (χ1v) is 7.68. The molecule has 0 unspecified atom stereocenters. The molecule has 1 aromatic rings. The smallest absolute Gasteiger partial charge is 0.185 e. The third-order valence-electron chi connectivity index (χ3n) is 3.75. The highest BCUT2D eigenvalue weighted by Gasteiger charge is 2.30. The number of hydrogen-bond acceptors (Lipinski definition) is 5. The van der Waals surface area contributed by atoms with Crippen LogP contribution in [0.25, 0.3) is 0 Å². The Kier molecular flexibility index (Phi) is 3.54. The minimum atomic E-state index is 0.246. The van der Waals surface area contributed by atoms with Crippen molar-refractivity contribution in [2.24, 2.45) is 0 Å². The summed E-state index contributed by atoms with van der Waals surface area (Å²) in [6, 6.07) is 1.41. The van der Waals surface area contributed by atoms with Crippen molar-refractivity contribution >= 4 is 16.5 Å². The van der Waals surface area contributed by atoms with E-state index < -0.39 is 0 Å². The van der Waals surface area contributed by atoms with E-state index in [0.717, 1.165) is 30.0 Å². The third-order valence-corrected chi connectivity index (χ3v) is 4.73. The summed E-state index contributed by atoms with van der Waals surface area (Å²) < 4.78 is 0. The summed E-state index contributed by atoms with van der Waals surface area (Å²) in [5.41, 5.74) is 1.16. The molecular formula is C13H21N3OS. The number of anilines is 1. The van der Waals surface area contributed by atoms with E-state index in [1.807, 2.05) is 0 Å². The van der Waals surface area contributed by atoms with E-state index in [9.17, 15) is 0 Å². The van der Waals surface area contributed by atoms with Gasteiger partial charge in [0.1, 0.15) is 0 Å². The summed E-state index contributed by atoms with van der Waals surface area (Å²) >= 11 is 1.74. The number of aliphatic hydroxyl groups excluding tert-OH is 1. The highest BCUT2D eigenvalue weighted by molar-refractivity contribution is 7.13. The average Bonchev–Trinajstić information content (AvgIpc) is 3.25. The van der Waals surface area contributed by atoms with Crippen LogP contribution >= 0.6 is 11.3 Å². The molecule has 0 aromatic carbocycles. The van der Waals surface area contributed by atoms with Gasteiger partial charge in [-0.05, 0) is 25.7 Å². The van der Waals surface area contributed by atoms with Gasteiger partial charge in [0, 0.05) is 37.6 Å². The third kappa shape index (κ3) is 2.84. The fourth-order valence-electron chi connectivity index (χ4n) is 2.32. The van der Waals surface area contributed by atoms with E-state index in [2.05, 4.69) is 22.2 Å². The summed E-state index contributed by atoms with van der Waals surface area (Å²) in [5.74, 6) is 0. The van der Waals surface area contributed by atoms with Crippen molar-refractivity contribution in [2.45, 2.75) is 44.3 Å². The second kappa shape index (κ2) is 5.15. The minimum absolute atomic E-state index is 0.246. The first kappa shape index (κ1) is 12.4. The van der Waals surface area contributed by atoms with E-state index in [-0.39, 0.29) is 6.61 Å². The van der Waals surface area contributed by atoms with Crippen LogP contribution in [0.1, 0.15) is 31.4 Å². The molecule has 2 aliphatic carbocycles. The average molecular weight is 267 g/mol. The Balaban J connectivity index is 1.61. The Morgan fingerprint density at radius 1 is 1.33 bits per heavy atom. The maximum absolute atomic E-state index is 9.10. The molecule has 1 aromatic heterocycles. The van der Waals surface area contributed by atoms with E-state index in [1.165, 1.54) is 25.7 Å². The van der Waals surface area contributed by atoms with E-state index in [0.29, 0.717) is 6.04 Å². The van der Waals surface area contributed by atoms with Crippen LogP contribution in [0.2, 0.25) is 0 Å². The van der Waals surface area contributed by atoms with Crippen molar-refractivity contribution in [2.75, 3.05) is 25.1 Å². The van der Waals surface area contributed by atoms with Crippen LogP contribution in [0, 0.1) is 0 Å². The molecule has 0 saturated heterocycles. The molecule has 5 heteroatoms. The van der Waals surface area contributed by atoms with Crippen LogP contribution in [0.5, 0.6) is 0 Å². The molecule has 2 aliphatic rings. The lowest BCUT2D eigenvalue weighted by atomic mass is 10.4. The quantitative estimate of drug-likeness (QED) is 0.816. The van der Waals surface area contributed by atoms with Gasteiger partial charge in [-0.15, -0.1) is 11.3 Å². The Bertz CT molecular complexity index is 401. The van der Waals surface area contributed by atoms with Crippen molar-refractivity contribution in [3.8, 4) is 0 Å². The van der Waals surface area contributed by atoms with Crippen molar-refractivity contribution < 1.29 is 5.11 Å². The highest BCUT2D eigenvalue weighted by Crippen LogP contribution is 2.33. The predicted molar refractivity (Wildman–Crippen MR) is 74.1 cm³/mol. The molecule has 0 aliphatic heterocycles. The Morgan fingerprint density at radius 2 is 2.06 bits per heavy atom. The predicted octanol–water partition coefficient (Wildman–Crippen LogP) is 1.70. The van der Waals surface area contributed by atoms with Gasteiger partial charge in [-0.25, -0.2) is 4.98 Å². The normalized spacial score (nSPS) is 19.5. The standard InChI is InChI=1S/C13H21N3OS/c1-15(11-2-3-11)13-14-10(9-18-13)8-16(6-7-17)12-4-5-12/h9,11-12,17H,2-8H2,1H3. The van der Waals surface area contributed by atoms with Gasteiger partial charge < -0.3 is 10.0 Å². The number of thiazole rings is 1. The zero-order valence-corrected chi connectivity index (χ0v) is 11.7. The molecule has 3 rings (SSSR count). The van der Waals surface area contributed by atoms with Crippen LogP contribution in [-0.4, -0.2) is 47.3 Å². The van der Waals surface area contributed by atoms with Crippen LogP contribution in [0.4, 0.5) is 5.13 Å². The Labute approximate surface area is 112 Å². The number of aromatic nitrogens is 1. The monoisotopic (exact) mass is 267 g/mol. The Morgan fingerprint density at radius 3 is 2.67 bits per heavy atom. The molecule has 0 radical (unpaired) electrons. The zero-order chi connectivity index (χ0) is 12.5. The van der Waals surface area contributed by atoms with E-state index >= 15 is 0 Å². The van der Waals surface area contributed by atoms with E-state index in [1.54, 1.807) is 11.3 Å². The molecular weight excluding hydrogens is 246 g/mol. The molecule has 4 nitrogen and oxygen atoms in total. The van der Waals surface area contributed by atoms with Gasteiger partial charge in [0.2, 0.25) is 0 Å². The zero-order valence-electron chi connectivity index (χ0n) is 10.9. The molecule has 2 fully saturated rings. The SMILES string of the molecule is CN(c1nc(CN(CCO)C2CC2)cs1)C1CC1. The lowest BCUT2D eigenvalue weighted by Crippen LogP contribution is -2.28. The van der Waals surface area contributed by atoms with Gasteiger partial charge in [-0.1, -0.05) is 0 Å². The van der Waals surface area contributed by atoms with E-state index in [4.69, 9.17) is 10.1 Å². The van der Waals surface area contributed by atoms with Gasteiger partial charge in [0.25, 0.3) is 0 Å². The molecule has 18 heavy (non-hydrogen) atoms. The largest absolute Gasteiger partial charge is 0.395 e. The van der Waals surface area contributed by atoms with Crippen molar-refractivity contribution in [3.63, 3.8) is 0 Å². The fourth-order valence-corrected chi connectivity index (χ4v) is 3.17. The van der Waals surface area contributed by atoms with Crippen LogP contribution in [0.3, 0.4) is 0 Å². The molecule has 1 heterocycles. The maximum Gasteiger partial charge on any atom is 0.185 e.